The molecule has 1 rings (SSSR count). The van der Waals surface area contributed by atoms with Gasteiger partial charge in [-0.2, -0.15) is 0 Å². The van der Waals surface area contributed by atoms with Crippen LogP contribution in [0.1, 0.15) is 24.8 Å². The van der Waals surface area contributed by atoms with Crippen molar-refractivity contribution in [3.63, 3.8) is 0 Å². The number of anilines is 1. The smallest absolute Gasteiger partial charge is 0.224 e. The van der Waals surface area contributed by atoms with Gasteiger partial charge in [0.15, 0.2) is 0 Å². The summed E-state index contributed by atoms with van der Waals surface area (Å²) in [6, 6.07) is 7.58. The van der Waals surface area contributed by atoms with Crippen molar-refractivity contribution in [2.75, 3.05) is 17.3 Å². The Bertz CT molecular complexity index is 355. The summed E-state index contributed by atoms with van der Waals surface area (Å²) in [5.74, 6) is 0.0383. The van der Waals surface area contributed by atoms with Crippen molar-refractivity contribution in [1.82, 2.24) is 0 Å². The number of nitrogens with one attached hydrogen (secondary N) is 1. The van der Waals surface area contributed by atoms with Crippen LogP contribution in [0.25, 0.3) is 0 Å². The second kappa shape index (κ2) is 8.25. The molecule has 0 atom stereocenters. The number of aliphatic hydroxyl groups is 1. The molecular formula is C13H18BrNO2. The third kappa shape index (κ3) is 5.33. The Morgan fingerprint density at radius 3 is 2.76 bits per heavy atom. The Morgan fingerprint density at radius 1 is 1.29 bits per heavy atom. The highest BCUT2D eigenvalue weighted by atomic mass is 79.9. The molecule has 0 unspecified atom stereocenters. The van der Waals surface area contributed by atoms with E-state index in [2.05, 4.69) is 21.2 Å². The second-order valence-corrected chi connectivity index (χ2v) is 4.62. The van der Waals surface area contributed by atoms with Crippen LogP contribution in [-0.2, 0) is 11.2 Å². The van der Waals surface area contributed by atoms with Gasteiger partial charge in [-0.1, -0.05) is 34.1 Å². The number of unbranched alkanes of at least 4 members (excludes halogenated alkanes) is 1. The lowest BCUT2D eigenvalue weighted by atomic mass is 10.1. The molecule has 0 saturated carbocycles. The number of carbonyl (C=O) groups excluding carboxylic acids is 1. The van der Waals surface area contributed by atoms with Crippen LogP contribution in [0.4, 0.5) is 5.69 Å². The van der Waals surface area contributed by atoms with E-state index in [-0.39, 0.29) is 12.5 Å². The number of para-hydroxylation sites is 1. The summed E-state index contributed by atoms with van der Waals surface area (Å²) >= 11 is 3.34. The van der Waals surface area contributed by atoms with Gasteiger partial charge in [-0.3, -0.25) is 4.79 Å². The lowest BCUT2D eigenvalue weighted by molar-refractivity contribution is -0.116. The maximum atomic E-state index is 11.7. The van der Waals surface area contributed by atoms with Crippen LogP contribution in [0.5, 0.6) is 0 Å². The van der Waals surface area contributed by atoms with Crippen molar-refractivity contribution < 1.29 is 9.90 Å². The van der Waals surface area contributed by atoms with Crippen molar-refractivity contribution in [2.45, 2.75) is 25.7 Å². The zero-order chi connectivity index (χ0) is 12.5. The number of aliphatic hydroxyl groups excluding tert-OH is 1. The van der Waals surface area contributed by atoms with Crippen molar-refractivity contribution in [3.8, 4) is 0 Å². The number of hydrogen-bond acceptors (Lipinski definition) is 2. The van der Waals surface area contributed by atoms with Gasteiger partial charge >= 0.3 is 0 Å². The van der Waals surface area contributed by atoms with Crippen LogP contribution in [0, 0.1) is 0 Å². The summed E-state index contributed by atoms with van der Waals surface area (Å²) in [5, 5.41) is 12.8. The number of hydrogen-bond donors (Lipinski definition) is 2. The first-order valence-corrected chi connectivity index (χ1v) is 6.94. The minimum Gasteiger partial charge on any atom is -0.396 e. The summed E-state index contributed by atoms with van der Waals surface area (Å²) in [4.78, 5) is 11.7. The summed E-state index contributed by atoms with van der Waals surface area (Å²) < 4.78 is 0. The molecule has 0 heterocycles. The van der Waals surface area contributed by atoms with Crippen LogP contribution in [0.3, 0.4) is 0 Å². The first-order chi connectivity index (χ1) is 8.27. The summed E-state index contributed by atoms with van der Waals surface area (Å²) in [6.07, 6.45) is 3.00. The van der Waals surface area contributed by atoms with E-state index in [9.17, 15) is 4.79 Å². The number of alkyl halides is 1. The number of halogens is 1. The van der Waals surface area contributed by atoms with Gasteiger partial charge in [0.2, 0.25) is 5.91 Å². The molecule has 17 heavy (non-hydrogen) atoms. The molecule has 1 aromatic rings. The third-order valence-electron chi connectivity index (χ3n) is 2.46. The molecule has 1 amide bonds. The van der Waals surface area contributed by atoms with Gasteiger partial charge in [0.05, 0.1) is 0 Å². The molecule has 94 valence electrons. The van der Waals surface area contributed by atoms with E-state index in [4.69, 9.17) is 5.11 Å². The van der Waals surface area contributed by atoms with Crippen LogP contribution < -0.4 is 5.32 Å². The molecular weight excluding hydrogens is 282 g/mol. The molecule has 1 aromatic carbocycles. The predicted octanol–water partition coefficient (Wildman–Crippen LogP) is 2.73. The predicted molar refractivity (Wildman–Crippen MR) is 73.5 cm³/mol. The molecule has 0 bridgehead atoms. The quantitative estimate of drug-likeness (QED) is 0.601. The molecule has 0 aliphatic rings. The normalized spacial score (nSPS) is 10.2. The number of benzene rings is 1. The van der Waals surface area contributed by atoms with Crippen LogP contribution >= 0.6 is 15.9 Å². The average Bonchev–Trinajstić information content (AvgIpc) is 2.32. The van der Waals surface area contributed by atoms with E-state index in [1.807, 2.05) is 24.3 Å². The Hall–Kier alpha value is -0.870. The fraction of sp³-hybridized carbons (Fsp3) is 0.462. The van der Waals surface area contributed by atoms with E-state index in [0.717, 1.165) is 29.4 Å². The van der Waals surface area contributed by atoms with Gasteiger partial charge in [-0.25, -0.2) is 0 Å². The first kappa shape index (κ1) is 14.2. The summed E-state index contributed by atoms with van der Waals surface area (Å²) in [6.45, 7) is 0.0937. The Kier molecular flexibility index (Phi) is 6.89. The zero-order valence-corrected chi connectivity index (χ0v) is 11.4. The van der Waals surface area contributed by atoms with Crippen LogP contribution in [0.2, 0.25) is 0 Å². The van der Waals surface area contributed by atoms with E-state index >= 15 is 0 Å². The van der Waals surface area contributed by atoms with E-state index < -0.39 is 0 Å². The molecule has 0 aliphatic heterocycles. The first-order valence-electron chi connectivity index (χ1n) is 5.82. The van der Waals surface area contributed by atoms with Crippen molar-refractivity contribution in [2.24, 2.45) is 0 Å². The summed E-state index contributed by atoms with van der Waals surface area (Å²) in [7, 11) is 0. The lowest BCUT2D eigenvalue weighted by Crippen LogP contribution is -2.13. The molecule has 0 spiro atoms. The topological polar surface area (TPSA) is 49.3 Å². The molecule has 3 nitrogen and oxygen atoms in total. The van der Waals surface area contributed by atoms with E-state index in [1.54, 1.807) is 0 Å². The van der Waals surface area contributed by atoms with Crippen LogP contribution in [0.15, 0.2) is 24.3 Å². The van der Waals surface area contributed by atoms with E-state index in [0.29, 0.717) is 12.8 Å². The molecule has 4 heteroatoms. The lowest BCUT2D eigenvalue weighted by Gasteiger charge is -2.09. The van der Waals surface area contributed by atoms with Crippen molar-refractivity contribution in [1.29, 1.82) is 0 Å². The fourth-order valence-corrected chi connectivity index (χ4v) is 1.97. The molecule has 0 radical (unpaired) electrons. The maximum Gasteiger partial charge on any atom is 0.224 e. The highest BCUT2D eigenvalue weighted by Crippen LogP contribution is 2.16. The minimum atomic E-state index is 0.0383. The Balaban J connectivity index is 2.52. The number of rotatable bonds is 7. The van der Waals surface area contributed by atoms with Gasteiger partial charge < -0.3 is 10.4 Å². The highest BCUT2D eigenvalue weighted by molar-refractivity contribution is 9.09. The zero-order valence-electron chi connectivity index (χ0n) is 9.79. The largest absolute Gasteiger partial charge is 0.396 e. The molecule has 0 aromatic heterocycles. The Morgan fingerprint density at radius 2 is 2.06 bits per heavy atom. The van der Waals surface area contributed by atoms with Gasteiger partial charge in [0.25, 0.3) is 0 Å². The molecule has 0 saturated heterocycles. The average molecular weight is 300 g/mol. The monoisotopic (exact) mass is 299 g/mol. The van der Waals surface area contributed by atoms with Gasteiger partial charge in [0.1, 0.15) is 0 Å². The van der Waals surface area contributed by atoms with Crippen molar-refractivity contribution >= 4 is 27.5 Å². The number of amides is 1. The number of carbonyl (C=O) groups is 1. The minimum absolute atomic E-state index is 0.0383. The highest BCUT2D eigenvalue weighted by Gasteiger charge is 2.05. The molecule has 2 N–H and O–H groups in total. The molecule has 0 aliphatic carbocycles. The fourth-order valence-electron chi connectivity index (χ4n) is 1.57. The second-order valence-electron chi connectivity index (χ2n) is 3.83. The van der Waals surface area contributed by atoms with E-state index in [1.165, 1.54) is 0 Å². The van der Waals surface area contributed by atoms with Crippen molar-refractivity contribution in [3.05, 3.63) is 29.8 Å². The third-order valence-corrected chi connectivity index (χ3v) is 3.02. The maximum absolute atomic E-state index is 11.7. The summed E-state index contributed by atoms with van der Waals surface area (Å²) in [5.41, 5.74) is 1.79. The van der Waals surface area contributed by atoms with Gasteiger partial charge in [0, 0.05) is 24.0 Å². The van der Waals surface area contributed by atoms with Gasteiger partial charge in [-0.15, -0.1) is 0 Å². The standard InChI is InChI=1S/C13H18BrNO2/c14-9-4-3-7-13(17)15-12-6-2-1-5-11(12)8-10-16/h1-2,5-6,16H,3-4,7-10H2,(H,15,17). The van der Waals surface area contributed by atoms with Crippen LogP contribution in [-0.4, -0.2) is 23.0 Å². The molecule has 0 fully saturated rings. The Labute approximate surface area is 110 Å². The SMILES string of the molecule is O=C(CCCCBr)Nc1ccccc1CCO. The van der Waals surface area contributed by atoms with Gasteiger partial charge in [-0.05, 0) is 30.9 Å².